The first-order valence-electron chi connectivity index (χ1n) is 17.1. The molecule has 0 bridgehead atoms. The number of terminal acetylenes is 1. The topological polar surface area (TPSA) is 6.48 Å². The van der Waals surface area contributed by atoms with Gasteiger partial charge in [-0.15, -0.1) is 6.42 Å². The second kappa shape index (κ2) is 12.2. The van der Waals surface area contributed by atoms with E-state index in [4.69, 9.17) is 6.42 Å². The van der Waals surface area contributed by atoms with Crippen LogP contribution in [-0.2, 0) is 6.42 Å². The summed E-state index contributed by atoms with van der Waals surface area (Å²) in [5.41, 5.74) is 18.5. The summed E-state index contributed by atoms with van der Waals surface area (Å²) in [5, 5.41) is 0. The summed E-state index contributed by atoms with van der Waals surface area (Å²) in [5.74, 6) is 3.06. The van der Waals surface area contributed by atoms with Gasteiger partial charge in [0.05, 0.1) is 17.1 Å². The lowest BCUT2D eigenvalue weighted by atomic mass is 9.99. The van der Waals surface area contributed by atoms with Gasteiger partial charge in [0, 0.05) is 16.9 Å². The second-order valence-electron chi connectivity index (χ2n) is 13.0. The Balaban J connectivity index is 1.18. The molecule has 0 unspecified atom stereocenters. The smallest absolute Gasteiger partial charge is 0.104 e. The third kappa shape index (κ3) is 5.00. The Morgan fingerprint density at radius 1 is 0.560 bits per heavy atom. The Morgan fingerprint density at radius 3 is 1.98 bits per heavy atom. The SMILES string of the molecule is C#CC1=C(/C=C(\C)c2ccc3c(c2)N(c2ccc4c(c2)-c2ccccc2C4)c2ccccc2C=C3)C=Cc2ccccc2N1c1ccccc1. The lowest BCUT2D eigenvalue weighted by Crippen LogP contribution is -2.17. The molecule has 6 aromatic carbocycles. The summed E-state index contributed by atoms with van der Waals surface area (Å²) >= 11 is 0. The third-order valence-corrected chi connectivity index (χ3v) is 10.0. The molecule has 2 aliphatic heterocycles. The normalized spacial score (nSPS) is 14.2. The molecule has 6 aromatic rings. The summed E-state index contributed by atoms with van der Waals surface area (Å²) in [6, 6.07) is 50.0. The van der Waals surface area contributed by atoms with Gasteiger partial charge in [-0.3, -0.25) is 0 Å². The molecule has 2 nitrogen and oxygen atoms in total. The molecule has 50 heavy (non-hydrogen) atoms. The molecule has 0 saturated heterocycles. The highest BCUT2D eigenvalue weighted by molar-refractivity contribution is 5.95. The van der Waals surface area contributed by atoms with Crippen LogP contribution in [0.15, 0.2) is 163 Å². The fraction of sp³-hybridized carbons (Fsp3) is 0.0417. The summed E-state index contributed by atoms with van der Waals surface area (Å²) < 4.78 is 0. The molecule has 3 aliphatic rings. The van der Waals surface area contributed by atoms with Gasteiger partial charge < -0.3 is 9.80 Å². The fourth-order valence-electron chi connectivity index (χ4n) is 7.56. The molecule has 0 spiro atoms. The number of para-hydroxylation sites is 3. The van der Waals surface area contributed by atoms with Crippen LogP contribution in [-0.4, -0.2) is 0 Å². The molecular weight excluding hydrogens is 605 g/mol. The van der Waals surface area contributed by atoms with E-state index in [0.717, 1.165) is 62.8 Å². The summed E-state index contributed by atoms with van der Waals surface area (Å²) in [6.45, 7) is 2.18. The lowest BCUT2D eigenvalue weighted by molar-refractivity contribution is 1.21. The molecule has 0 N–H and O–H groups in total. The van der Waals surface area contributed by atoms with E-state index in [2.05, 4.69) is 186 Å². The van der Waals surface area contributed by atoms with Crippen molar-refractivity contribution in [2.75, 3.05) is 9.80 Å². The zero-order valence-electron chi connectivity index (χ0n) is 27.8. The Kier molecular flexibility index (Phi) is 7.19. The highest BCUT2D eigenvalue weighted by atomic mass is 15.2. The number of anilines is 5. The van der Waals surface area contributed by atoms with E-state index in [9.17, 15) is 0 Å². The van der Waals surface area contributed by atoms with Crippen LogP contribution in [0.4, 0.5) is 28.4 Å². The van der Waals surface area contributed by atoms with E-state index >= 15 is 0 Å². The van der Waals surface area contributed by atoms with Crippen molar-refractivity contribution >= 4 is 52.2 Å². The molecule has 1 aliphatic carbocycles. The largest absolute Gasteiger partial charge is 0.309 e. The summed E-state index contributed by atoms with van der Waals surface area (Å²) in [4.78, 5) is 4.62. The Morgan fingerprint density at radius 2 is 1.20 bits per heavy atom. The predicted molar refractivity (Wildman–Crippen MR) is 212 cm³/mol. The molecule has 0 radical (unpaired) electrons. The van der Waals surface area contributed by atoms with E-state index in [0.29, 0.717) is 0 Å². The van der Waals surface area contributed by atoms with Gasteiger partial charge in [0.25, 0.3) is 0 Å². The fourth-order valence-corrected chi connectivity index (χ4v) is 7.56. The van der Waals surface area contributed by atoms with Gasteiger partial charge in [0.15, 0.2) is 0 Å². The van der Waals surface area contributed by atoms with Crippen LogP contribution >= 0.6 is 0 Å². The number of rotatable bonds is 4. The van der Waals surface area contributed by atoms with E-state index in [1.807, 2.05) is 6.07 Å². The molecule has 0 aromatic heterocycles. The van der Waals surface area contributed by atoms with Gasteiger partial charge >= 0.3 is 0 Å². The highest BCUT2D eigenvalue weighted by Gasteiger charge is 2.25. The van der Waals surface area contributed by atoms with Crippen LogP contribution in [0.1, 0.15) is 40.3 Å². The molecule has 236 valence electrons. The lowest BCUT2D eigenvalue weighted by Gasteiger charge is -2.28. The summed E-state index contributed by atoms with van der Waals surface area (Å²) in [6.07, 6.45) is 18.3. The van der Waals surface area contributed by atoms with Gasteiger partial charge in [0.1, 0.15) is 5.70 Å². The number of nitrogens with zero attached hydrogens (tertiary/aromatic N) is 2. The molecule has 0 fully saturated rings. The number of allylic oxidation sites excluding steroid dienone is 5. The van der Waals surface area contributed by atoms with Crippen LogP contribution in [0, 0.1) is 12.3 Å². The van der Waals surface area contributed by atoms with Crippen LogP contribution in [0.25, 0.3) is 34.9 Å². The van der Waals surface area contributed by atoms with Crippen LogP contribution in [0.2, 0.25) is 0 Å². The third-order valence-electron chi connectivity index (χ3n) is 10.0. The Bertz CT molecular complexity index is 2480. The maximum Gasteiger partial charge on any atom is 0.104 e. The van der Waals surface area contributed by atoms with E-state index in [1.54, 1.807) is 0 Å². The first kappa shape index (κ1) is 29.6. The van der Waals surface area contributed by atoms with Crippen molar-refractivity contribution in [3.05, 3.63) is 196 Å². The van der Waals surface area contributed by atoms with E-state index in [-0.39, 0.29) is 0 Å². The van der Waals surface area contributed by atoms with Crippen LogP contribution in [0.3, 0.4) is 0 Å². The molecular formula is C48H34N2. The van der Waals surface area contributed by atoms with Crippen molar-refractivity contribution in [1.29, 1.82) is 0 Å². The molecule has 9 rings (SSSR count). The molecule has 2 heterocycles. The first-order valence-corrected chi connectivity index (χ1v) is 17.1. The number of fused-ring (bicyclic) bond motifs is 6. The maximum atomic E-state index is 6.34. The van der Waals surface area contributed by atoms with E-state index in [1.165, 1.54) is 33.4 Å². The average molecular weight is 639 g/mol. The predicted octanol–water partition coefficient (Wildman–Crippen LogP) is 12.4. The highest BCUT2D eigenvalue weighted by Crippen LogP contribution is 2.46. The van der Waals surface area contributed by atoms with Gasteiger partial charge in [-0.25, -0.2) is 0 Å². The zero-order valence-corrected chi connectivity index (χ0v) is 27.8. The standard InChI is InChI=1S/C48H34N2/c1-3-45-40(26-24-35-14-8-11-19-46(35)49(45)41-16-5-4-6-17-41)29-33(2)37-25-23-36-22-21-34-13-9-12-20-47(34)50(48(36)31-37)42-28-27-39-30-38-15-7-10-18-43(38)44(39)32-42/h1,4-29,31-32H,30H2,2H3/b33-29+. The maximum absolute atomic E-state index is 6.34. The monoisotopic (exact) mass is 638 g/mol. The molecule has 0 atom stereocenters. The van der Waals surface area contributed by atoms with Crippen molar-refractivity contribution in [2.45, 2.75) is 13.3 Å². The van der Waals surface area contributed by atoms with E-state index < -0.39 is 0 Å². The van der Waals surface area contributed by atoms with Gasteiger partial charge in [-0.05, 0) is 112 Å². The number of benzene rings is 6. The minimum Gasteiger partial charge on any atom is -0.309 e. The van der Waals surface area contributed by atoms with Crippen molar-refractivity contribution in [1.82, 2.24) is 0 Å². The second-order valence-corrected chi connectivity index (χ2v) is 13.0. The number of hydrogen-bond acceptors (Lipinski definition) is 2. The van der Waals surface area contributed by atoms with Crippen molar-refractivity contribution < 1.29 is 0 Å². The number of hydrogen-bond donors (Lipinski definition) is 0. The van der Waals surface area contributed by atoms with Crippen LogP contribution in [0.5, 0.6) is 0 Å². The molecule has 0 saturated carbocycles. The van der Waals surface area contributed by atoms with Crippen molar-refractivity contribution in [2.24, 2.45) is 0 Å². The van der Waals surface area contributed by atoms with Crippen molar-refractivity contribution in [3.8, 4) is 23.5 Å². The van der Waals surface area contributed by atoms with Crippen LogP contribution < -0.4 is 9.80 Å². The van der Waals surface area contributed by atoms with Gasteiger partial charge in [-0.2, -0.15) is 0 Å². The zero-order chi connectivity index (χ0) is 33.6. The van der Waals surface area contributed by atoms with Gasteiger partial charge in [-0.1, -0.05) is 127 Å². The quantitative estimate of drug-likeness (QED) is 0.177. The average Bonchev–Trinajstić information content (AvgIpc) is 3.35. The van der Waals surface area contributed by atoms with Crippen molar-refractivity contribution in [3.63, 3.8) is 0 Å². The van der Waals surface area contributed by atoms with Gasteiger partial charge in [0.2, 0.25) is 0 Å². The minimum absolute atomic E-state index is 0.809. The summed E-state index contributed by atoms with van der Waals surface area (Å²) in [7, 11) is 0. The minimum atomic E-state index is 0.809. The molecule has 0 amide bonds. The molecule has 2 heteroatoms. The first-order chi connectivity index (χ1) is 24.7. The Labute approximate surface area is 294 Å². The Hall–Kier alpha value is -6.56.